The SMILES string of the molecule is O=C1CN(S(=O)(=O)c2ccc3cc(F)ccc3c2)C(=S)N1. The number of amides is 1. The zero-order chi connectivity index (χ0) is 15.2. The van der Waals surface area contributed by atoms with Gasteiger partial charge in [-0.3, -0.25) is 4.79 Å². The molecule has 1 aliphatic heterocycles. The molecule has 8 heteroatoms. The first-order chi connectivity index (χ1) is 9.88. The van der Waals surface area contributed by atoms with E-state index in [0.29, 0.717) is 10.8 Å². The van der Waals surface area contributed by atoms with E-state index in [1.165, 1.54) is 36.4 Å². The summed E-state index contributed by atoms with van der Waals surface area (Å²) in [6, 6.07) is 8.37. The number of thiocarbonyl (C=S) groups is 1. The summed E-state index contributed by atoms with van der Waals surface area (Å²) in [6.07, 6.45) is 0. The number of fused-ring (bicyclic) bond motifs is 1. The molecule has 0 aromatic heterocycles. The second-order valence-electron chi connectivity index (χ2n) is 4.52. The Kier molecular flexibility index (Phi) is 3.14. The van der Waals surface area contributed by atoms with Gasteiger partial charge in [0.25, 0.3) is 10.0 Å². The molecule has 1 saturated heterocycles. The molecule has 0 radical (unpaired) electrons. The molecule has 21 heavy (non-hydrogen) atoms. The monoisotopic (exact) mass is 324 g/mol. The molecule has 3 rings (SSSR count). The van der Waals surface area contributed by atoms with Crippen LogP contribution in [0.25, 0.3) is 10.8 Å². The average Bonchev–Trinajstić information content (AvgIpc) is 2.77. The van der Waals surface area contributed by atoms with Gasteiger partial charge in [-0.2, -0.15) is 0 Å². The second kappa shape index (κ2) is 4.74. The van der Waals surface area contributed by atoms with Crippen LogP contribution >= 0.6 is 12.2 Å². The quantitative estimate of drug-likeness (QED) is 0.848. The number of rotatable bonds is 2. The summed E-state index contributed by atoms with van der Waals surface area (Å²) in [5, 5.41) is 3.31. The predicted molar refractivity (Wildman–Crippen MR) is 78.5 cm³/mol. The summed E-state index contributed by atoms with van der Waals surface area (Å²) in [5.74, 6) is -0.861. The van der Waals surface area contributed by atoms with E-state index in [0.717, 1.165) is 4.31 Å². The van der Waals surface area contributed by atoms with Crippen LogP contribution in [-0.2, 0) is 14.8 Å². The van der Waals surface area contributed by atoms with Crippen LogP contribution in [0.4, 0.5) is 4.39 Å². The third-order valence-corrected chi connectivity index (χ3v) is 5.30. The Bertz CT molecular complexity index is 880. The van der Waals surface area contributed by atoms with Gasteiger partial charge in [-0.25, -0.2) is 17.1 Å². The highest BCUT2D eigenvalue weighted by atomic mass is 32.2. The predicted octanol–water partition coefficient (Wildman–Crippen LogP) is 1.38. The molecule has 1 amide bonds. The third-order valence-electron chi connectivity index (χ3n) is 3.12. The molecule has 2 aromatic carbocycles. The minimum Gasteiger partial charge on any atom is -0.301 e. The molecule has 2 aromatic rings. The normalized spacial score (nSPS) is 15.6. The summed E-state index contributed by atoms with van der Waals surface area (Å²) in [5.41, 5.74) is 0. The van der Waals surface area contributed by atoms with Crippen LogP contribution in [0.5, 0.6) is 0 Å². The highest BCUT2D eigenvalue weighted by Gasteiger charge is 2.34. The van der Waals surface area contributed by atoms with Gasteiger partial charge in [-0.15, -0.1) is 0 Å². The first-order valence-electron chi connectivity index (χ1n) is 5.94. The topological polar surface area (TPSA) is 66.5 Å². The van der Waals surface area contributed by atoms with Crippen molar-refractivity contribution in [3.63, 3.8) is 0 Å². The maximum atomic E-state index is 13.1. The molecule has 5 nitrogen and oxygen atoms in total. The largest absolute Gasteiger partial charge is 0.301 e. The lowest BCUT2D eigenvalue weighted by Crippen LogP contribution is -2.34. The minimum absolute atomic E-state index is 0.000424. The van der Waals surface area contributed by atoms with Crippen molar-refractivity contribution in [2.75, 3.05) is 6.54 Å². The van der Waals surface area contributed by atoms with Crippen LogP contribution in [0.2, 0.25) is 0 Å². The van der Waals surface area contributed by atoms with Gasteiger partial charge < -0.3 is 5.32 Å². The zero-order valence-corrected chi connectivity index (χ0v) is 12.2. The molecule has 0 bridgehead atoms. The highest BCUT2D eigenvalue weighted by molar-refractivity contribution is 7.91. The van der Waals surface area contributed by atoms with Crippen LogP contribution < -0.4 is 5.32 Å². The van der Waals surface area contributed by atoms with E-state index in [2.05, 4.69) is 5.32 Å². The van der Waals surface area contributed by atoms with Gasteiger partial charge in [0.2, 0.25) is 5.91 Å². The molecule has 0 aliphatic carbocycles. The number of hydrogen-bond donors (Lipinski definition) is 1. The summed E-state index contributed by atoms with van der Waals surface area (Å²) in [6.45, 7) is -0.331. The van der Waals surface area contributed by atoms with Gasteiger partial charge in [0, 0.05) is 0 Å². The van der Waals surface area contributed by atoms with E-state index in [9.17, 15) is 17.6 Å². The van der Waals surface area contributed by atoms with Crippen molar-refractivity contribution in [3.05, 3.63) is 42.2 Å². The molecule has 0 saturated carbocycles. The Hall–Kier alpha value is -2.06. The average molecular weight is 324 g/mol. The molecule has 1 heterocycles. The molecular formula is C13H9FN2O3S2. The first-order valence-corrected chi connectivity index (χ1v) is 7.79. The Morgan fingerprint density at radius 2 is 1.81 bits per heavy atom. The van der Waals surface area contributed by atoms with Crippen molar-refractivity contribution < 1.29 is 17.6 Å². The van der Waals surface area contributed by atoms with Crippen LogP contribution in [0.1, 0.15) is 0 Å². The lowest BCUT2D eigenvalue weighted by molar-refractivity contribution is -0.118. The maximum Gasteiger partial charge on any atom is 0.266 e. The van der Waals surface area contributed by atoms with E-state index < -0.39 is 21.7 Å². The van der Waals surface area contributed by atoms with E-state index in [-0.39, 0.29) is 16.6 Å². The Morgan fingerprint density at radius 1 is 1.14 bits per heavy atom. The van der Waals surface area contributed by atoms with Crippen LogP contribution in [0.3, 0.4) is 0 Å². The van der Waals surface area contributed by atoms with Gasteiger partial charge in [0.15, 0.2) is 5.11 Å². The number of benzene rings is 2. The Labute approximate surface area is 125 Å². The molecular weight excluding hydrogens is 315 g/mol. The molecule has 1 aliphatic rings. The number of halogens is 1. The molecule has 0 unspecified atom stereocenters. The van der Waals surface area contributed by atoms with E-state index in [1.807, 2.05) is 0 Å². The summed E-state index contributed by atoms with van der Waals surface area (Å²) in [4.78, 5) is 11.2. The smallest absolute Gasteiger partial charge is 0.266 e. The third kappa shape index (κ3) is 2.36. The van der Waals surface area contributed by atoms with Crippen molar-refractivity contribution in [2.24, 2.45) is 0 Å². The minimum atomic E-state index is -3.91. The van der Waals surface area contributed by atoms with Gasteiger partial charge in [0.1, 0.15) is 12.4 Å². The molecule has 108 valence electrons. The molecule has 1 N–H and O–H groups in total. The number of carbonyl (C=O) groups is 1. The van der Waals surface area contributed by atoms with Gasteiger partial charge in [-0.05, 0) is 47.3 Å². The van der Waals surface area contributed by atoms with Crippen molar-refractivity contribution in [1.29, 1.82) is 0 Å². The lowest BCUT2D eigenvalue weighted by atomic mass is 10.1. The zero-order valence-electron chi connectivity index (χ0n) is 10.5. The molecule has 0 atom stereocenters. The molecule has 0 spiro atoms. The fourth-order valence-corrected chi connectivity index (χ4v) is 3.89. The van der Waals surface area contributed by atoms with E-state index >= 15 is 0 Å². The Morgan fingerprint density at radius 3 is 2.48 bits per heavy atom. The number of hydrogen-bond acceptors (Lipinski definition) is 4. The highest BCUT2D eigenvalue weighted by Crippen LogP contribution is 2.23. The Balaban J connectivity index is 2.09. The molecule has 1 fully saturated rings. The van der Waals surface area contributed by atoms with Crippen molar-refractivity contribution in [2.45, 2.75) is 4.90 Å². The number of nitrogens with one attached hydrogen (secondary N) is 1. The second-order valence-corrected chi connectivity index (χ2v) is 6.77. The van der Waals surface area contributed by atoms with Gasteiger partial charge in [-0.1, -0.05) is 12.1 Å². The number of nitrogens with zero attached hydrogens (tertiary/aromatic N) is 1. The van der Waals surface area contributed by atoms with Crippen LogP contribution in [-0.4, -0.2) is 30.3 Å². The van der Waals surface area contributed by atoms with E-state index in [4.69, 9.17) is 12.2 Å². The van der Waals surface area contributed by atoms with Crippen LogP contribution in [0.15, 0.2) is 41.3 Å². The maximum absolute atomic E-state index is 13.1. The summed E-state index contributed by atoms with van der Waals surface area (Å²) >= 11 is 4.84. The summed E-state index contributed by atoms with van der Waals surface area (Å²) in [7, 11) is -3.91. The van der Waals surface area contributed by atoms with Crippen molar-refractivity contribution >= 4 is 44.0 Å². The standard InChI is InChI=1S/C13H9FN2O3S2/c14-10-3-1-9-6-11(4-2-8(9)5-10)21(18,19)16-7-12(17)15-13(16)20/h1-6H,7H2,(H,15,17,20). The fraction of sp³-hybridized carbons (Fsp3) is 0.0769. The lowest BCUT2D eigenvalue weighted by Gasteiger charge is -2.16. The summed E-state index contributed by atoms with van der Waals surface area (Å²) < 4.78 is 38.9. The van der Waals surface area contributed by atoms with Gasteiger partial charge >= 0.3 is 0 Å². The number of carbonyl (C=O) groups excluding carboxylic acids is 1. The van der Waals surface area contributed by atoms with Gasteiger partial charge in [0.05, 0.1) is 4.90 Å². The number of sulfonamides is 1. The van der Waals surface area contributed by atoms with E-state index in [1.54, 1.807) is 0 Å². The van der Waals surface area contributed by atoms with Crippen molar-refractivity contribution in [1.82, 2.24) is 9.62 Å². The first kappa shape index (κ1) is 13.9. The fourth-order valence-electron chi connectivity index (χ4n) is 2.10. The van der Waals surface area contributed by atoms with Crippen LogP contribution in [0, 0.1) is 5.82 Å². The van der Waals surface area contributed by atoms with Crippen molar-refractivity contribution in [3.8, 4) is 0 Å².